The number of likely N-dealkylation sites (tertiary alicyclic amines) is 1. The third kappa shape index (κ3) is 5.86. The summed E-state index contributed by atoms with van der Waals surface area (Å²) < 4.78 is 10.8. The molecule has 7 nitrogen and oxygen atoms in total. The summed E-state index contributed by atoms with van der Waals surface area (Å²) in [4.78, 5) is 29.0. The summed E-state index contributed by atoms with van der Waals surface area (Å²) in [6.45, 7) is 5.99. The van der Waals surface area contributed by atoms with Crippen LogP contribution in [-0.4, -0.2) is 80.2 Å². The zero-order valence-corrected chi connectivity index (χ0v) is 18.6. The number of halogens is 1. The maximum atomic E-state index is 12.7. The van der Waals surface area contributed by atoms with E-state index in [4.69, 9.17) is 21.1 Å². The molecule has 0 bridgehead atoms. The molecular weight excluding hydrogens is 406 g/mol. The van der Waals surface area contributed by atoms with Crippen LogP contribution in [0.5, 0.6) is 5.75 Å². The van der Waals surface area contributed by atoms with Crippen LogP contribution in [0.2, 0.25) is 5.02 Å². The van der Waals surface area contributed by atoms with Crippen molar-refractivity contribution in [2.75, 3.05) is 46.5 Å². The van der Waals surface area contributed by atoms with Gasteiger partial charge in [0.15, 0.2) is 0 Å². The second-order valence-electron chi connectivity index (χ2n) is 7.94. The van der Waals surface area contributed by atoms with E-state index >= 15 is 0 Å². The van der Waals surface area contributed by atoms with Crippen LogP contribution in [0.15, 0.2) is 18.2 Å². The van der Waals surface area contributed by atoms with E-state index in [9.17, 15) is 9.59 Å². The number of nitrogens with one attached hydrogen (secondary N) is 1. The summed E-state index contributed by atoms with van der Waals surface area (Å²) >= 11 is 6.06. The van der Waals surface area contributed by atoms with E-state index in [0.29, 0.717) is 35.0 Å². The predicted molar refractivity (Wildman–Crippen MR) is 116 cm³/mol. The van der Waals surface area contributed by atoms with Crippen molar-refractivity contribution < 1.29 is 19.1 Å². The van der Waals surface area contributed by atoms with Gasteiger partial charge in [0.1, 0.15) is 5.75 Å². The fourth-order valence-corrected chi connectivity index (χ4v) is 4.62. The van der Waals surface area contributed by atoms with Crippen molar-refractivity contribution in [3.05, 3.63) is 28.8 Å². The molecule has 2 aliphatic rings. The maximum Gasteiger partial charge on any atom is 0.255 e. The molecule has 1 atom stereocenters. The molecule has 166 valence electrons. The Morgan fingerprint density at radius 2 is 2.03 bits per heavy atom. The van der Waals surface area contributed by atoms with Crippen LogP contribution in [0.4, 0.5) is 0 Å². The zero-order chi connectivity index (χ0) is 21.5. The Morgan fingerprint density at radius 3 is 2.73 bits per heavy atom. The van der Waals surface area contributed by atoms with E-state index < -0.39 is 0 Å². The average Bonchev–Trinajstić information content (AvgIpc) is 2.77. The molecule has 0 saturated carbocycles. The number of carbonyl (C=O) groups is 2. The molecular formula is C22H32ClN3O4. The number of amides is 2. The summed E-state index contributed by atoms with van der Waals surface area (Å²) in [6.07, 6.45) is 4.03. The van der Waals surface area contributed by atoms with E-state index in [-0.39, 0.29) is 11.8 Å². The molecule has 0 spiro atoms. The van der Waals surface area contributed by atoms with E-state index in [2.05, 4.69) is 10.2 Å². The van der Waals surface area contributed by atoms with Crippen LogP contribution in [0.25, 0.3) is 0 Å². The molecule has 2 saturated heterocycles. The first-order valence-corrected chi connectivity index (χ1v) is 11.1. The number of carbonyl (C=O) groups excluding carboxylic acids is 2. The number of ether oxygens (including phenoxy) is 2. The standard InChI is InChI=1S/C22H32ClN3O4/c1-16(27)25-10-3-4-19(15-25)26(18-7-12-30-13-8-18)11-9-24-22(28)20-14-17(23)5-6-21(20)29-2/h5-6,14,18-19H,3-4,7-13,15H2,1-2H3,(H,24,28). The first-order valence-electron chi connectivity index (χ1n) is 10.7. The van der Waals surface area contributed by atoms with Crippen LogP contribution < -0.4 is 10.1 Å². The molecule has 1 N–H and O–H groups in total. The van der Waals surface area contributed by atoms with E-state index in [1.807, 2.05) is 4.90 Å². The lowest BCUT2D eigenvalue weighted by Crippen LogP contribution is -2.55. The number of hydrogen-bond acceptors (Lipinski definition) is 5. The first-order chi connectivity index (χ1) is 14.5. The van der Waals surface area contributed by atoms with Gasteiger partial charge in [-0.1, -0.05) is 11.6 Å². The Morgan fingerprint density at radius 1 is 1.27 bits per heavy atom. The SMILES string of the molecule is COc1ccc(Cl)cc1C(=O)NCCN(C1CCOCC1)C1CCCN(C(C)=O)C1. The van der Waals surface area contributed by atoms with Gasteiger partial charge in [-0.15, -0.1) is 0 Å². The highest BCUT2D eigenvalue weighted by molar-refractivity contribution is 6.31. The topological polar surface area (TPSA) is 71.1 Å². The molecule has 8 heteroatoms. The van der Waals surface area contributed by atoms with Crippen molar-refractivity contribution in [2.24, 2.45) is 0 Å². The summed E-state index contributed by atoms with van der Waals surface area (Å²) in [5.74, 6) is 0.436. The molecule has 1 unspecified atom stereocenters. The van der Waals surface area contributed by atoms with Crippen LogP contribution >= 0.6 is 11.6 Å². The molecule has 2 amide bonds. The fraction of sp³-hybridized carbons (Fsp3) is 0.636. The predicted octanol–water partition coefficient (Wildman–Crippen LogP) is 2.57. The van der Waals surface area contributed by atoms with Crippen molar-refractivity contribution in [1.29, 1.82) is 0 Å². The van der Waals surface area contributed by atoms with Gasteiger partial charge in [-0.05, 0) is 43.9 Å². The van der Waals surface area contributed by atoms with Crippen molar-refractivity contribution in [3.8, 4) is 5.75 Å². The summed E-state index contributed by atoms with van der Waals surface area (Å²) in [6, 6.07) is 5.74. The Bertz CT molecular complexity index is 739. The summed E-state index contributed by atoms with van der Waals surface area (Å²) in [5, 5.41) is 3.51. The van der Waals surface area contributed by atoms with Gasteiger partial charge in [0.05, 0.1) is 12.7 Å². The normalized spacial score (nSPS) is 20.3. The second kappa shape index (κ2) is 11.0. The molecule has 1 aromatic carbocycles. The lowest BCUT2D eigenvalue weighted by Gasteiger charge is -2.44. The largest absolute Gasteiger partial charge is 0.496 e. The fourth-order valence-electron chi connectivity index (χ4n) is 4.44. The van der Waals surface area contributed by atoms with Crippen LogP contribution in [0.3, 0.4) is 0 Å². The minimum absolute atomic E-state index is 0.132. The average molecular weight is 438 g/mol. The van der Waals surface area contributed by atoms with Crippen LogP contribution in [-0.2, 0) is 9.53 Å². The molecule has 0 aliphatic carbocycles. The molecule has 2 heterocycles. The third-order valence-corrected chi connectivity index (χ3v) is 6.27. The molecule has 2 aliphatic heterocycles. The minimum Gasteiger partial charge on any atom is -0.496 e. The van der Waals surface area contributed by atoms with Gasteiger partial charge in [0.2, 0.25) is 5.91 Å². The second-order valence-corrected chi connectivity index (χ2v) is 8.38. The number of nitrogens with zero attached hydrogens (tertiary/aromatic N) is 2. The lowest BCUT2D eigenvalue weighted by atomic mass is 9.98. The highest BCUT2D eigenvalue weighted by Crippen LogP contribution is 2.24. The quantitative estimate of drug-likeness (QED) is 0.709. The van der Waals surface area contributed by atoms with Crippen molar-refractivity contribution in [1.82, 2.24) is 15.1 Å². The zero-order valence-electron chi connectivity index (χ0n) is 17.9. The van der Waals surface area contributed by atoms with Gasteiger partial charge in [0.25, 0.3) is 5.91 Å². The van der Waals surface area contributed by atoms with Crippen molar-refractivity contribution in [3.63, 3.8) is 0 Å². The Balaban J connectivity index is 1.64. The molecule has 2 fully saturated rings. The number of rotatable bonds is 7. The lowest BCUT2D eigenvalue weighted by molar-refractivity contribution is -0.131. The van der Waals surface area contributed by atoms with Gasteiger partial charge in [-0.25, -0.2) is 0 Å². The van der Waals surface area contributed by atoms with Gasteiger partial charge >= 0.3 is 0 Å². The van der Waals surface area contributed by atoms with E-state index in [0.717, 1.165) is 58.5 Å². The molecule has 0 radical (unpaired) electrons. The monoisotopic (exact) mass is 437 g/mol. The van der Waals surface area contributed by atoms with Gasteiger partial charge in [0, 0.05) is 63.4 Å². The van der Waals surface area contributed by atoms with Crippen LogP contribution in [0, 0.1) is 0 Å². The van der Waals surface area contributed by atoms with Gasteiger partial charge < -0.3 is 19.7 Å². The number of hydrogen-bond donors (Lipinski definition) is 1. The van der Waals surface area contributed by atoms with E-state index in [1.165, 1.54) is 7.11 Å². The number of benzene rings is 1. The highest BCUT2D eigenvalue weighted by Gasteiger charge is 2.31. The summed E-state index contributed by atoms with van der Waals surface area (Å²) in [5.41, 5.74) is 0.433. The number of piperidine rings is 1. The van der Waals surface area contributed by atoms with Gasteiger partial charge in [-0.3, -0.25) is 14.5 Å². The minimum atomic E-state index is -0.199. The maximum absolute atomic E-state index is 12.7. The molecule has 0 aromatic heterocycles. The smallest absolute Gasteiger partial charge is 0.255 e. The van der Waals surface area contributed by atoms with E-state index in [1.54, 1.807) is 25.1 Å². The third-order valence-electron chi connectivity index (χ3n) is 6.03. The first kappa shape index (κ1) is 22.8. The van der Waals surface area contributed by atoms with Gasteiger partial charge in [-0.2, -0.15) is 0 Å². The summed E-state index contributed by atoms with van der Waals surface area (Å²) in [7, 11) is 1.54. The number of methoxy groups -OCH3 is 1. The Kier molecular flexibility index (Phi) is 8.36. The Hall–Kier alpha value is -1.83. The van der Waals surface area contributed by atoms with Crippen LogP contribution in [0.1, 0.15) is 43.0 Å². The molecule has 3 rings (SSSR count). The Labute approximate surface area is 183 Å². The molecule has 30 heavy (non-hydrogen) atoms. The highest BCUT2D eigenvalue weighted by atomic mass is 35.5. The van der Waals surface area contributed by atoms with Crippen molar-refractivity contribution in [2.45, 2.75) is 44.7 Å². The van der Waals surface area contributed by atoms with Crippen molar-refractivity contribution >= 4 is 23.4 Å². The molecule has 1 aromatic rings.